The van der Waals surface area contributed by atoms with Crippen LogP contribution in [0.4, 0.5) is 10.5 Å². The average molecular weight is 458 g/mol. The molecule has 178 valence electrons. The van der Waals surface area contributed by atoms with E-state index in [1.54, 1.807) is 4.90 Å². The van der Waals surface area contributed by atoms with Crippen molar-refractivity contribution in [2.24, 2.45) is 0 Å². The van der Waals surface area contributed by atoms with E-state index in [1.807, 2.05) is 91.5 Å². The fourth-order valence-corrected chi connectivity index (χ4v) is 3.82. The van der Waals surface area contributed by atoms with E-state index in [4.69, 9.17) is 0 Å². The molecule has 3 aromatic rings. The summed E-state index contributed by atoms with van der Waals surface area (Å²) < 4.78 is 0. The first-order valence-electron chi connectivity index (χ1n) is 12.0. The monoisotopic (exact) mass is 457 g/mol. The van der Waals surface area contributed by atoms with Gasteiger partial charge >= 0.3 is 6.03 Å². The van der Waals surface area contributed by atoms with Crippen LogP contribution in [0, 0.1) is 6.92 Å². The predicted molar refractivity (Wildman–Crippen MR) is 139 cm³/mol. The van der Waals surface area contributed by atoms with Crippen LogP contribution in [0.3, 0.4) is 0 Å². The maximum Gasteiger partial charge on any atom is 0.321 e. The van der Waals surface area contributed by atoms with Gasteiger partial charge in [-0.3, -0.25) is 4.79 Å². The number of carbonyl (C=O) groups is 2. The Morgan fingerprint density at radius 1 is 0.735 bits per heavy atom. The summed E-state index contributed by atoms with van der Waals surface area (Å²) in [4.78, 5) is 29.8. The van der Waals surface area contributed by atoms with Gasteiger partial charge in [-0.05, 0) is 43.0 Å². The molecule has 3 rings (SSSR count). The van der Waals surface area contributed by atoms with Crippen molar-refractivity contribution in [3.63, 3.8) is 0 Å². The average Bonchev–Trinajstić information content (AvgIpc) is 2.86. The molecule has 0 aliphatic heterocycles. The lowest BCUT2D eigenvalue weighted by Crippen LogP contribution is -2.40. The van der Waals surface area contributed by atoms with E-state index in [-0.39, 0.29) is 11.9 Å². The second-order valence-electron chi connectivity index (χ2n) is 8.57. The Labute approximate surface area is 203 Å². The van der Waals surface area contributed by atoms with Gasteiger partial charge in [0.2, 0.25) is 5.91 Å². The number of benzene rings is 3. The highest BCUT2D eigenvalue weighted by Crippen LogP contribution is 2.12. The first-order valence-corrected chi connectivity index (χ1v) is 12.0. The van der Waals surface area contributed by atoms with Crippen molar-refractivity contribution in [2.45, 2.75) is 39.7 Å². The van der Waals surface area contributed by atoms with Crippen molar-refractivity contribution in [1.29, 1.82) is 0 Å². The zero-order chi connectivity index (χ0) is 24.2. The first-order chi connectivity index (χ1) is 16.5. The molecule has 3 aromatic carbocycles. The highest BCUT2D eigenvalue weighted by molar-refractivity contribution is 5.89. The lowest BCUT2D eigenvalue weighted by atomic mass is 10.1. The molecule has 0 fully saturated rings. The highest BCUT2D eigenvalue weighted by atomic mass is 16.2. The number of anilines is 1. The molecule has 0 atom stereocenters. The molecule has 0 unspecified atom stereocenters. The number of amides is 3. The quantitative estimate of drug-likeness (QED) is 0.390. The van der Waals surface area contributed by atoms with Gasteiger partial charge in [-0.2, -0.15) is 0 Å². The molecule has 5 heteroatoms. The van der Waals surface area contributed by atoms with E-state index in [2.05, 4.69) is 17.4 Å². The summed E-state index contributed by atoms with van der Waals surface area (Å²) in [6, 6.07) is 27.8. The number of rotatable bonds is 11. The largest absolute Gasteiger partial charge is 0.338 e. The molecule has 0 spiro atoms. The van der Waals surface area contributed by atoms with E-state index >= 15 is 0 Å². The van der Waals surface area contributed by atoms with Gasteiger partial charge in [-0.15, -0.1) is 0 Å². The minimum atomic E-state index is -0.169. The van der Waals surface area contributed by atoms with Gasteiger partial charge in [0.1, 0.15) is 0 Å². The second kappa shape index (κ2) is 13.2. The normalized spacial score (nSPS) is 10.5. The maximum absolute atomic E-state index is 13.3. The summed E-state index contributed by atoms with van der Waals surface area (Å²) in [5.74, 6) is 0.0593. The number of urea groups is 1. The Balaban J connectivity index is 1.62. The second-order valence-corrected chi connectivity index (χ2v) is 8.57. The van der Waals surface area contributed by atoms with E-state index in [9.17, 15) is 9.59 Å². The van der Waals surface area contributed by atoms with Crippen molar-refractivity contribution in [3.8, 4) is 0 Å². The van der Waals surface area contributed by atoms with Gasteiger partial charge in [0, 0.05) is 38.3 Å². The van der Waals surface area contributed by atoms with Gasteiger partial charge in [0.05, 0.1) is 0 Å². The zero-order valence-corrected chi connectivity index (χ0v) is 20.2. The number of hydrogen-bond donors (Lipinski definition) is 1. The van der Waals surface area contributed by atoms with E-state index < -0.39 is 0 Å². The summed E-state index contributed by atoms with van der Waals surface area (Å²) >= 11 is 0. The summed E-state index contributed by atoms with van der Waals surface area (Å²) in [7, 11) is 0. The zero-order valence-electron chi connectivity index (χ0n) is 20.2. The molecule has 5 nitrogen and oxygen atoms in total. The molecule has 0 bridgehead atoms. The maximum atomic E-state index is 13.3. The first kappa shape index (κ1) is 25.0. The van der Waals surface area contributed by atoms with Crippen LogP contribution in [0.15, 0.2) is 84.9 Å². The van der Waals surface area contributed by atoms with Crippen molar-refractivity contribution in [1.82, 2.24) is 9.80 Å². The molecule has 1 N–H and O–H groups in total. The molecular formula is C29H35N3O2. The smallest absolute Gasteiger partial charge is 0.321 e. The van der Waals surface area contributed by atoms with Crippen LogP contribution in [-0.2, 0) is 17.8 Å². The Bertz CT molecular complexity index is 1020. The fourth-order valence-electron chi connectivity index (χ4n) is 3.82. The van der Waals surface area contributed by atoms with Crippen molar-refractivity contribution < 1.29 is 9.59 Å². The summed E-state index contributed by atoms with van der Waals surface area (Å²) in [5.41, 5.74) is 4.21. The van der Waals surface area contributed by atoms with Crippen molar-refractivity contribution >= 4 is 17.6 Å². The Morgan fingerprint density at radius 3 is 1.97 bits per heavy atom. The molecule has 0 saturated carbocycles. The number of nitrogens with zero attached hydrogens (tertiary/aromatic N) is 2. The standard InChI is InChI=1S/C29H35N3O2/c1-3-20-31(29(34)30-27-16-14-24(2)15-17-27)22-19-28(33)32(23-26-12-8-5-9-13-26)21-18-25-10-6-4-7-11-25/h4-17H,3,18-23H2,1-2H3,(H,30,34). The molecule has 0 saturated heterocycles. The van der Waals surface area contributed by atoms with Crippen LogP contribution in [0.25, 0.3) is 0 Å². The Kier molecular flexibility index (Phi) is 9.71. The number of aryl methyl sites for hydroxylation is 1. The molecule has 0 heterocycles. The Morgan fingerprint density at radius 2 is 1.35 bits per heavy atom. The summed E-state index contributed by atoms with van der Waals surface area (Å²) in [6.45, 7) is 6.25. The summed E-state index contributed by atoms with van der Waals surface area (Å²) in [6.07, 6.45) is 1.92. The van der Waals surface area contributed by atoms with E-state index in [0.717, 1.165) is 29.7 Å². The van der Waals surface area contributed by atoms with Crippen LogP contribution < -0.4 is 5.32 Å². The number of nitrogens with one attached hydrogen (secondary N) is 1. The third-order valence-corrected chi connectivity index (χ3v) is 5.76. The molecule has 3 amide bonds. The SMILES string of the molecule is CCCN(CCC(=O)N(CCc1ccccc1)Cc1ccccc1)C(=O)Nc1ccc(C)cc1. The van der Waals surface area contributed by atoms with Crippen LogP contribution in [0.1, 0.15) is 36.5 Å². The molecule has 34 heavy (non-hydrogen) atoms. The highest BCUT2D eigenvalue weighted by Gasteiger charge is 2.18. The molecular weight excluding hydrogens is 422 g/mol. The topological polar surface area (TPSA) is 52.7 Å². The third kappa shape index (κ3) is 8.07. The fraction of sp³-hybridized carbons (Fsp3) is 0.310. The molecule has 0 aromatic heterocycles. The van der Waals surface area contributed by atoms with Gasteiger partial charge in [-0.25, -0.2) is 4.79 Å². The lowest BCUT2D eigenvalue weighted by Gasteiger charge is -2.26. The minimum absolute atomic E-state index is 0.0593. The summed E-state index contributed by atoms with van der Waals surface area (Å²) in [5, 5.41) is 2.96. The van der Waals surface area contributed by atoms with Crippen LogP contribution in [0.2, 0.25) is 0 Å². The van der Waals surface area contributed by atoms with Gasteiger partial charge in [0.25, 0.3) is 0 Å². The predicted octanol–water partition coefficient (Wildman–Crippen LogP) is 5.90. The number of hydrogen-bond acceptors (Lipinski definition) is 2. The third-order valence-electron chi connectivity index (χ3n) is 5.76. The van der Waals surface area contributed by atoms with Gasteiger partial charge < -0.3 is 15.1 Å². The van der Waals surface area contributed by atoms with Gasteiger partial charge in [-0.1, -0.05) is 85.3 Å². The molecule has 0 aliphatic rings. The van der Waals surface area contributed by atoms with E-state index in [1.165, 1.54) is 5.56 Å². The minimum Gasteiger partial charge on any atom is -0.338 e. The lowest BCUT2D eigenvalue weighted by molar-refractivity contribution is -0.132. The van der Waals surface area contributed by atoms with Crippen molar-refractivity contribution in [3.05, 3.63) is 102 Å². The molecule has 0 aliphatic carbocycles. The number of carbonyl (C=O) groups excluding carboxylic acids is 2. The van der Waals surface area contributed by atoms with E-state index in [0.29, 0.717) is 32.6 Å². The van der Waals surface area contributed by atoms with Crippen LogP contribution >= 0.6 is 0 Å². The van der Waals surface area contributed by atoms with Gasteiger partial charge in [0.15, 0.2) is 0 Å². The van der Waals surface area contributed by atoms with Crippen LogP contribution in [0.5, 0.6) is 0 Å². The molecule has 0 radical (unpaired) electrons. The van der Waals surface area contributed by atoms with Crippen molar-refractivity contribution in [2.75, 3.05) is 25.0 Å². The van der Waals surface area contributed by atoms with Crippen LogP contribution in [-0.4, -0.2) is 41.4 Å². The Hall–Kier alpha value is -3.60.